The molecule has 0 aromatic rings. The zero-order valence-corrected chi connectivity index (χ0v) is 10.7. The maximum absolute atomic E-state index is 11.5. The number of rotatable bonds is 4. The molecule has 0 aromatic heterocycles. The SMILES string of the molecule is CCN1CCCC(CN2C(=O)OCC2C(=O)O)C1. The fourth-order valence-corrected chi connectivity index (χ4v) is 2.72. The number of amides is 1. The Morgan fingerprint density at radius 3 is 3.00 bits per heavy atom. The third-order valence-electron chi connectivity index (χ3n) is 3.77. The van der Waals surface area contributed by atoms with Crippen LogP contribution in [0.25, 0.3) is 0 Å². The summed E-state index contributed by atoms with van der Waals surface area (Å²) in [5, 5.41) is 9.04. The fraction of sp³-hybridized carbons (Fsp3) is 0.833. The van der Waals surface area contributed by atoms with Crippen LogP contribution in [0.1, 0.15) is 19.8 Å². The Bertz CT molecular complexity index is 334. The molecule has 2 rings (SSSR count). The smallest absolute Gasteiger partial charge is 0.410 e. The molecular weight excluding hydrogens is 236 g/mol. The molecule has 2 saturated heterocycles. The Morgan fingerprint density at radius 1 is 1.56 bits per heavy atom. The molecule has 0 spiro atoms. The maximum atomic E-state index is 11.5. The summed E-state index contributed by atoms with van der Waals surface area (Å²) in [6.07, 6.45) is 1.67. The van der Waals surface area contributed by atoms with E-state index in [4.69, 9.17) is 9.84 Å². The van der Waals surface area contributed by atoms with Crippen molar-refractivity contribution in [3.05, 3.63) is 0 Å². The normalized spacial score (nSPS) is 29.4. The van der Waals surface area contributed by atoms with E-state index in [0.717, 1.165) is 32.5 Å². The van der Waals surface area contributed by atoms with Gasteiger partial charge in [-0.2, -0.15) is 0 Å². The number of likely N-dealkylation sites (tertiary alicyclic amines) is 1. The monoisotopic (exact) mass is 256 g/mol. The molecule has 0 radical (unpaired) electrons. The van der Waals surface area contributed by atoms with Crippen LogP contribution in [-0.4, -0.2) is 65.8 Å². The predicted molar refractivity (Wildman–Crippen MR) is 64.3 cm³/mol. The molecule has 1 N–H and O–H groups in total. The number of carbonyl (C=O) groups excluding carboxylic acids is 1. The molecule has 6 heteroatoms. The summed E-state index contributed by atoms with van der Waals surface area (Å²) >= 11 is 0. The molecule has 2 heterocycles. The van der Waals surface area contributed by atoms with Crippen molar-refractivity contribution in [2.75, 3.05) is 32.8 Å². The predicted octanol–water partition coefficient (Wildman–Crippen LogP) is 0.624. The van der Waals surface area contributed by atoms with E-state index in [1.807, 2.05) is 0 Å². The van der Waals surface area contributed by atoms with Crippen molar-refractivity contribution in [2.24, 2.45) is 5.92 Å². The van der Waals surface area contributed by atoms with E-state index >= 15 is 0 Å². The lowest BCUT2D eigenvalue weighted by Gasteiger charge is -2.34. The molecule has 0 saturated carbocycles. The minimum absolute atomic E-state index is 0.0294. The number of hydrogen-bond donors (Lipinski definition) is 1. The summed E-state index contributed by atoms with van der Waals surface area (Å²) in [4.78, 5) is 26.3. The first-order valence-electron chi connectivity index (χ1n) is 6.50. The van der Waals surface area contributed by atoms with E-state index < -0.39 is 18.1 Å². The second-order valence-corrected chi connectivity index (χ2v) is 4.98. The molecular formula is C12H20N2O4. The minimum atomic E-state index is -0.982. The van der Waals surface area contributed by atoms with Gasteiger partial charge in [0.2, 0.25) is 0 Å². The van der Waals surface area contributed by atoms with Gasteiger partial charge in [-0.3, -0.25) is 4.90 Å². The molecule has 6 nitrogen and oxygen atoms in total. The minimum Gasteiger partial charge on any atom is -0.480 e. The molecule has 102 valence electrons. The second kappa shape index (κ2) is 5.56. The number of carboxylic acid groups (broad SMARTS) is 1. The van der Waals surface area contributed by atoms with E-state index in [0.29, 0.717) is 12.5 Å². The lowest BCUT2D eigenvalue weighted by molar-refractivity contribution is -0.141. The van der Waals surface area contributed by atoms with Gasteiger partial charge in [-0.25, -0.2) is 9.59 Å². The third-order valence-corrected chi connectivity index (χ3v) is 3.77. The molecule has 1 amide bonds. The lowest BCUT2D eigenvalue weighted by atomic mass is 9.97. The molecule has 0 aromatic carbocycles. The van der Waals surface area contributed by atoms with Gasteiger partial charge < -0.3 is 14.7 Å². The van der Waals surface area contributed by atoms with Gasteiger partial charge >= 0.3 is 12.1 Å². The van der Waals surface area contributed by atoms with Crippen molar-refractivity contribution < 1.29 is 19.4 Å². The van der Waals surface area contributed by atoms with Gasteiger partial charge in [0.15, 0.2) is 6.04 Å². The van der Waals surface area contributed by atoms with Gasteiger partial charge in [0.05, 0.1) is 0 Å². The quantitative estimate of drug-likeness (QED) is 0.798. The van der Waals surface area contributed by atoms with Crippen LogP contribution in [-0.2, 0) is 9.53 Å². The average molecular weight is 256 g/mol. The summed E-state index contributed by atoms with van der Waals surface area (Å²) in [6, 6.07) is -0.811. The Kier molecular flexibility index (Phi) is 4.06. The van der Waals surface area contributed by atoms with E-state index in [2.05, 4.69) is 11.8 Å². The average Bonchev–Trinajstić information content (AvgIpc) is 2.71. The Balaban J connectivity index is 1.94. The van der Waals surface area contributed by atoms with Crippen LogP contribution in [0.4, 0.5) is 4.79 Å². The fourth-order valence-electron chi connectivity index (χ4n) is 2.72. The topological polar surface area (TPSA) is 70.1 Å². The van der Waals surface area contributed by atoms with Crippen molar-refractivity contribution in [2.45, 2.75) is 25.8 Å². The number of carboxylic acids is 1. The number of cyclic esters (lactones) is 1. The first-order valence-corrected chi connectivity index (χ1v) is 6.50. The second-order valence-electron chi connectivity index (χ2n) is 4.98. The number of hydrogen-bond acceptors (Lipinski definition) is 4. The van der Waals surface area contributed by atoms with Gasteiger partial charge in [-0.05, 0) is 31.8 Å². The lowest BCUT2D eigenvalue weighted by Crippen LogP contribution is -2.46. The zero-order valence-electron chi connectivity index (χ0n) is 10.7. The highest BCUT2D eigenvalue weighted by atomic mass is 16.6. The molecule has 2 unspecified atom stereocenters. The Hall–Kier alpha value is -1.30. The van der Waals surface area contributed by atoms with E-state index in [1.165, 1.54) is 4.90 Å². The number of carbonyl (C=O) groups is 2. The van der Waals surface area contributed by atoms with Crippen LogP contribution in [0, 0.1) is 5.92 Å². The summed E-state index contributed by atoms with van der Waals surface area (Å²) in [7, 11) is 0. The first kappa shape index (κ1) is 13.1. The number of nitrogens with zero attached hydrogens (tertiary/aromatic N) is 2. The number of aliphatic carboxylic acids is 1. The molecule has 2 fully saturated rings. The van der Waals surface area contributed by atoms with Crippen LogP contribution in [0.2, 0.25) is 0 Å². The summed E-state index contributed by atoms with van der Waals surface area (Å²) in [5.41, 5.74) is 0. The highest BCUT2D eigenvalue weighted by Gasteiger charge is 2.39. The highest BCUT2D eigenvalue weighted by molar-refractivity contribution is 5.82. The Labute approximate surface area is 106 Å². The summed E-state index contributed by atoms with van der Waals surface area (Å²) in [5.74, 6) is -0.629. The van der Waals surface area contributed by atoms with E-state index in [-0.39, 0.29) is 6.61 Å². The molecule has 18 heavy (non-hydrogen) atoms. The maximum Gasteiger partial charge on any atom is 0.410 e. The van der Waals surface area contributed by atoms with Gasteiger partial charge in [-0.15, -0.1) is 0 Å². The van der Waals surface area contributed by atoms with Crippen molar-refractivity contribution in [3.63, 3.8) is 0 Å². The number of piperidine rings is 1. The summed E-state index contributed by atoms with van der Waals surface area (Å²) in [6.45, 7) is 5.62. The third kappa shape index (κ3) is 2.75. The number of ether oxygens (including phenoxy) is 1. The van der Waals surface area contributed by atoms with Gasteiger partial charge in [0.25, 0.3) is 0 Å². The molecule has 2 atom stereocenters. The van der Waals surface area contributed by atoms with Crippen LogP contribution in [0.15, 0.2) is 0 Å². The molecule has 0 bridgehead atoms. The molecule has 2 aliphatic heterocycles. The van der Waals surface area contributed by atoms with Crippen molar-refractivity contribution in [1.29, 1.82) is 0 Å². The highest BCUT2D eigenvalue weighted by Crippen LogP contribution is 2.21. The van der Waals surface area contributed by atoms with Gasteiger partial charge in [0, 0.05) is 13.1 Å². The van der Waals surface area contributed by atoms with Crippen LogP contribution in [0.3, 0.4) is 0 Å². The summed E-state index contributed by atoms with van der Waals surface area (Å²) < 4.78 is 4.83. The van der Waals surface area contributed by atoms with Crippen molar-refractivity contribution >= 4 is 12.1 Å². The first-order chi connectivity index (χ1) is 8.61. The molecule has 2 aliphatic rings. The van der Waals surface area contributed by atoms with Crippen molar-refractivity contribution in [1.82, 2.24) is 9.80 Å². The van der Waals surface area contributed by atoms with Crippen LogP contribution in [0.5, 0.6) is 0 Å². The standard InChI is InChI=1S/C12H20N2O4/c1-2-13-5-3-4-9(6-13)7-14-10(11(15)16)8-18-12(14)17/h9-10H,2-8H2,1H3,(H,15,16). The Morgan fingerprint density at radius 2 is 2.33 bits per heavy atom. The zero-order chi connectivity index (χ0) is 13.1. The van der Waals surface area contributed by atoms with Crippen molar-refractivity contribution in [3.8, 4) is 0 Å². The largest absolute Gasteiger partial charge is 0.480 e. The van der Waals surface area contributed by atoms with Crippen LogP contribution < -0.4 is 0 Å². The van der Waals surface area contributed by atoms with Crippen LogP contribution >= 0.6 is 0 Å². The molecule has 0 aliphatic carbocycles. The van der Waals surface area contributed by atoms with E-state index in [1.54, 1.807) is 0 Å². The van der Waals surface area contributed by atoms with Gasteiger partial charge in [-0.1, -0.05) is 6.92 Å². The van der Waals surface area contributed by atoms with Gasteiger partial charge in [0.1, 0.15) is 6.61 Å². The van der Waals surface area contributed by atoms with E-state index in [9.17, 15) is 9.59 Å².